The largest absolute Gasteiger partial charge is 0.733 e. The Morgan fingerprint density at radius 3 is 2.18 bits per heavy atom. The number of anilines is 1. The van der Waals surface area contributed by atoms with E-state index in [4.69, 9.17) is 24.2 Å². The third-order valence-corrected chi connectivity index (χ3v) is 5.59. The SMILES string of the molecule is O=C(OC[C@H]1O[C@@H](O[C@@]2(CO)O[C@@H](CO)[C@@H](O)[C@H]2O)[C@@H](O)[C@H](O)[C@@H]1O)c1ccc(N([O-])O)cc1. The Hall–Kier alpha value is -1.99. The molecule has 8 N–H and O–H groups in total. The lowest BCUT2D eigenvalue weighted by Crippen LogP contribution is -2.62. The van der Waals surface area contributed by atoms with Gasteiger partial charge in [0.05, 0.1) is 17.9 Å². The minimum atomic E-state index is -2.34. The highest BCUT2D eigenvalue weighted by atomic mass is 16.8. The first-order valence-electron chi connectivity index (χ1n) is 10.1. The van der Waals surface area contributed by atoms with Crippen molar-refractivity contribution in [2.24, 2.45) is 0 Å². The third kappa shape index (κ3) is 5.15. The van der Waals surface area contributed by atoms with Crippen LogP contribution >= 0.6 is 0 Å². The second-order valence-electron chi connectivity index (χ2n) is 7.80. The second kappa shape index (κ2) is 10.7. The quantitative estimate of drug-likeness (QED) is 0.128. The van der Waals surface area contributed by atoms with Crippen molar-refractivity contribution in [3.05, 3.63) is 35.0 Å². The van der Waals surface area contributed by atoms with Crippen LogP contribution in [-0.2, 0) is 18.9 Å². The van der Waals surface area contributed by atoms with Crippen molar-refractivity contribution < 1.29 is 64.7 Å². The van der Waals surface area contributed by atoms with Gasteiger partial charge in [0.25, 0.3) is 0 Å². The summed E-state index contributed by atoms with van der Waals surface area (Å²) in [6.07, 6.45) is -13.7. The fourth-order valence-electron chi connectivity index (χ4n) is 3.58. The van der Waals surface area contributed by atoms with Gasteiger partial charge in [0, 0.05) is 0 Å². The number of aliphatic hydroxyl groups is 7. The van der Waals surface area contributed by atoms with Crippen molar-refractivity contribution in [3.63, 3.8) is 0 Å². The van der Waals surface area contributed by atoms with Crippen LogP contribution in [0.4, 0.5) is 5.69 Å². The highest BCUT2D eigenvalue weighted by Gasteiger charge is 2.58. The smallest absolute Gasteiger partial charge is 0.338 e. The number of carbonyl (C=O) groups excluding carboxylic acids is 1. The summed E-state index contributed by atoms with van der Waals surface area (Å²) in [6, 6.07) is 4.67. The lowest BCUT2D eigenvalue weighted by Gasteiger charge is -2.43. The summed E-state index contributed by atoms with van der Waals surface area (Å²) in [5.74, 6) is -3.25. The topological polar surface area (TPSA) is 242 Å². The number of rotatable bonds is 8. The zero-order chi connectivity index (χ0) is 25.2. The molecule has 192 valence electrons. The molecular weight excluding hydrogens is 466 g/mol. The average molecular weight is 492 g/mol. The third-order valence-electron chi connectivity index (χ3n) is 5.59. The summed E-state index contributed by atoms with van der Waals surface area (Å²) >= 11 is 0. The molecule has 15 nitrogen and oxygen atoms in total. The van der Waals surface area contributed by atoms with E-state index in [-0.39, 0.29) is 11.3 Å². The number of hydrogen-bond donors (Lipinski definition) is 8. The van der Waals surface area contributed by atoms with E-state index in [0.29, 0.717) is 0 Å². The van der Waals surface area contributed by atoms with E-state index >= 15 is 0 Å². The minimum Gasteiger partial charge on any atom is -0.733 e. The van der Waals surface area contributed by atoms with Crippen LogP contribution in [0.2, 0.25) is 0 Å². The Bertz CT molecular complexity index is 824. The molecule has 0 bridgehead atoms. The van der Waals surface area contributed by atoms with E-state index < -0.39 is 85.8 Å². The molecule has 0 unspecified atom stereocenters. The van der Waals surface area contributed by atoms with E-state index in [1.807, 2.05) is 0 Å². The monoisotopic (exact) mass is 492 g/mol. The molecule has 2 aliphatic rings. The van der Waals surface area contributed by atoms with Gasteiger partial charge >= 0.3 is 5.97 Å². The lowest BCUT2D eigenvalue weighted by molar-refractivity contribution is -0.383. The molecule has 2 saturated heterocycles. The number of aliphatic hydroxyl groups excluding tert-OH is 7. The van der Waals surface area contributed by atoms with Gasteiger partial charge in [-0.2, -0.15) is 0 Å². The van der Waals surface area contributed by atoms with Crippen LogP contribution in [0.15, 0.2) is 24.3 Å². The molecule has 3 rings (SSSR count). The summed E-state index contributed by atoms with van der Waals surface area (Å²) in [5, 5.41) is 89.0. The molecule has 0 radical (unpaired) electrons. The molecular formula is C19H26NO14-. The Morgan fingerprint density at radius 1 is 1.00 bits per heavy atom. The standard InChI is InChI=1S/C19H26NO14/c21-5-10-13(24)16(27)19(7-22,33-10)34-18-15(26)14(25)12(23)11(32-18)6-31-17(28)8-1-3-9(4-2-8)20(29)30/h1-4,10-16,18,21-27,29H,5-7H2/q-1/t10-,11+,12+,13+,14+,15-,16+,18-,19+/m0/s1. The van der Waals surface area contributed by atoms with Crippen molar-refractivity contribution >= 4 is 11.7 Å². The number of nitrogens with zero attached hydrogens (tertiary/aromatic N) is 1. The molecule has 2 fully saturated rings. The minimum absolute atomic E-state index is 0.0185. The maximum Gasteiger partial charge on any atom is 0.338 e. The molecule has 0 aromatic heterocycles. The number of hydrogen-bond acceptors (Lipinski definition) is 15. The van der Waals surface area contributed by atoms with Crippen LogP contribution in [-0.4, -0.2) is 122 Å². The van der Waals surface area contributed by atoms with E-state index in [2.05, 4.69) is 0 Å². The van der Waals surface area contributed by atoms with Gasteiger partial charge in [0.2, 0.25) is 5.79 Å². The highest BCUT2D eigenvalue weighted by molar-refractivity contribution is 5.89. The van der Waals surface area contributed by atoms with Gasteiger partial charge in [-0.05, 0) is 24.3 Å². The maximum absolute atomic E-state index is 12.2. The van der Waals surface area contributed by atoms with Crippen molar-refractivity contribution in [3.8, 4) is 0 Å². The number of esters is 1. The van der Waals surface area contributed by atoms with Crippen molar-refractivity contribution in [2.75, 3.05) is 25.0 Å². The Kier molecular flexibility index (Phi) is 8.40. The van der Waals surface area contributed by atoms with Crippen molar-refractivity contribution in [1.29, 1.82) is 0 Å². The summed E-state index contributed by atoms with van der Waals surface area (Å²) in [4.78, 5) is 12.2. The normalized spacial score (nSPS) is 38.0. The average Bonchev–Trinajstić information content (AvgIpc) is 3.08. The zero-order valence-electron chi connectivity index (χ0n) is 17.5. The van der Waals surface area contributed by atoms with Gasteiger partial charge in [0.15, 0.2) is 6.29 Å². The van der Waals surface area contributed by atoms with Gasteiger partial charge in [-0.1, -0.05) is 0 Å². The molecule has 0 amide bonds. The Labute approximate surface area is 192 Å². The maximum atomic E-state index is 12.2. The number of ether oxygens (including phenoxy) is 4. The molecule has 9 atom stereocenters. The van der Waals surface area contributed by atoms with Crippen LogP contribution in [0, 0.1) is 5.21 Å². The first-order valence-corrected chi connectivity index (χ1v) is 10.1. The first-order chi connectivity index (χ1) is 16.0. The second-order valence-corrected chi connectivity index (χ2v) is 7.80. The van der Waals surface area contributed by atoms with E-state index in [1.165, 1.54) is 12.1 Å². The van der Waals surface area contributed by atoms with Crippen LogP contribution in [0.5, 0.6) is 0 Å². The van der Waals surface area contributed by atoms with E-state index in [9.17, 15) is 45.7 Å². The van der Waals surface area contributed by atoms with Gasteiger partial charge in [0.1, 0.15) is 55.9 Å². The van der Waals surface area contributed by atoms with Crippen LogP contribution in [0.1, 0.15) is 10.4 Å². The fraction of sp³-hybridized carbons (Fsp3) is 0.632. The van der Waals surface area contributed by atoms with Gasteiger partial charge in [-0.15, -0.1) is 0 Å². The molecule has 34 heavy (non-hydrogen) atoms. The molecule has 0 aliphatic carbocycles. The molecule has 0 saturated carbocycles. The lowest BCUT2D eigenvalue weighted by atomic mass is 9.99. The van der Waals surface area contributed by atoms with Crippen molar-refractivity contribution in [1.82, 2.24) is 0 Å². The highest BCUT2D eigenvalue weighted by Crippen LogP contribution is 2.36. The predicted octanol–water partition coefficient (Wildman–Crippen LogP) is -3.84. The van der Waals surface area contributed by atoms with Crippen molar-refractivity contribution in [2.45, 2.75) is 54.8 Å². The number of benzene rings is 1. The molecule has 1 aromatic rings. The molecule has 0 spiro atoms. The fourth-order valence-corrected chi connectivity index (χ4v) is 3.58. The van der Waals surface area contributed by atoms with E-state index in [0.717, 1.165) is 12.1 Å². The summed E-state index contributed by atoms with van der Waals surface area (Å²) in [7, 11) is 0. The predicted molar refractivity (Wildman–Crippen MR) is 106 cm³/mol. The first kappa shape index (κ1) is 26.6. The molecule has 2 aliphatic heterocycles. The Morgan fingerprint density at radius 2 is 1.65 bits per heavy atom. The van der Waals surface area contributed by atoms with Crippen LogP contribution in [0.25, 0.3) is 0 Å². The molecule has 2 heterocycles. The summed E-state index contributed by atoms with van der Waals surface area (Å²) < 4.78 is 21.0. The van der Waals surface area contributed by atoms with Gasteiger partial charge < -0.3 is 65.1 Å². The zero-order valence-corrected chi connectivity index (χ0v) is 17.5. The van der Waals surface area contributed by atoms with E-state index in [1.54, 1.807) is 0 Å². The molecule has 15 heteroatoms. The van der Waals surface area contributed by atoms with Gasteiger partial charge in [-0.3, -0.25) is 5.21 Å². The molecule has 1 aromatic carbocycles. The van der Waals surface area contributed by atoms with Crippen LogP contribution < -0.4 is 5.23 Å². The Balaban J connectivity index is 1.68. The summed E-state index contributed by atoms with van der Waals surface area (Å²) in [6.45, 7) is -2.42. The summed E-state index contributed by atoms with van der Waals surface area (Å²) in [5.41, 5.74) is -0.155. The van der Waals surface area contributed by atoms with Crippen LogP contribution in [0.3, 0.4) is 0 Å². The number of carbonyl (C=O) groups is 1. The van der Waals surface area contributed by atoms with Gasteiger partial charge in [-0.25, -0.2) is 4.79 Å².